The van der Waals surface area contributed by atoms with E-state index < -0.39 is 6.09 Å². The van der Waals surface area contributed by atoms with Gasteiger partial charge in [0, 0.05) is 11.1 Å². The molecule has 0 spiro atoms. The highest BCUT2D eigenvalue weighted by Crippen LogP contribution is 2.04. The van der Waals surface area contributed by atoms with Gasteiger partial charge in [0.15, 0.2) is 0 Å². The highest BCUT2D eigenvalue weighted by atomic mass is 32.1. The van der Waals surface area contributed by atoms with Gasteiger partial charge in [-0.15, -0.1) is 0 Å². The summed E-state index contributed by atoms with van der Waals surface area (Å²) in [5.74, 6) is -0.280. The Morgan fingerprint density at radius 2 is 1.72 bits per heavy atom. The number of carbonyl (C=O) groups excluding carboxylic acids is 2. The molecule has 1 aromatic carbocycles. The third kappa shape index (κ3) is 4.38. The van der Waals surface area contributed by atoms with E-state index in [2.05, 4.69) is 10.1 Å². The number of primary amides is 1. The van der Waals surface area contributed by atoms with Crippen LogP contribution in [0.15, 0.2) is 24.3 Å². The molecule has 96 valence electrons. The fraction of sp³-hybridized carbons (Fsp3) is 0.182. The van der Waals surface area contributed by atoms with Crippen LogP contribution in [-0.2, 0) is 4.74 Å². The highest BCUT2D eigenvalue weighted by molar-refractivity contribution is 7.80. The van der Waals surface area contributed by atoms with Crippen molar-refractivity contribution in [3.63, 3.8) is 0 Å². The van der Waals surface area contributed by atoms with Gasteiger partial charge in [-0.2, -0.15) is 0 Å². The van der Waals surface area contributed by atoms with Gasteiger partial charge in [-0.25, -0.2) is 4.79 Å². The van der Waals surface area contributed by atoms with E-state index in [4.69, 9.17) is 23.7 Å². The van der Waals surface area contributed by atoms with Crippen LogP contribution in [0.2, 0.25) is 0 Å². The zero-order valence-electron chi connectivity index (χ0n) is 9.51. The van der Waals surface area contributed by atoms with E-state index in [1.165, 1.54) is 0 Å². The third-order valence-electron chi connectivity index (χ3n) is 2.06. The number of rotatable bonds is 5. The molecular weight excluding hydrogens is 254 g/mol. The number of carbonyl (C=O) groups is 2. The molecule has 1 aromatic rings. The van der Waals surface area contributed by atoms with E-state index in [0.29, 0.717) is 11.1 Å². The van der Waals surface area contributed by atoms with Gasteiger partial charge >= 0.3 is 6.09 Å². The van der Waals surface area contributed by atoms with Crippen LogP contribution in [0.1, 0.15) is 15.9 Å². The summed E-state index contributed by atoms with van der Waals surface area (Å²) in [6.07, 6.45) is -0.870. The van der Waals surface area contributed by atoms with Gasteiger partial charge in [0.1, 0.15) is 11.6 Å². The number of amides is 2. The summed E-state index contributed by atoms with van der Waals surface area (Å²) in [6, 6.07) is 6.55. The smallest absolute Gasteiger partial charge is 0.404 e. The zero-order valence-corrected chi connectivity index (χ0v) is 10.3. The average molecular weight is 267 g/mol. The maximum atomic E-state index is 11.6. The molecule has 0 fully saturated rings. The minimum absolute atomic E-state index is 0.0338. The van der Waals surface area contributed by atoms with Gasteiger partial charge < -0.3 is 21.5 Å². The molecule has 0 saturated carbocycles. The molecule has 2 amide bonds. The quantitative estimate of drug-likeness (QED) is 0.520. The Kier molecular flexibility index (Phi) is 5.06. The number of ether oxygens (including phenoxy) is 1. The molecule has 5 N–H and O–H groups in total. The molecule has 6 nitrogen and oxygen atoms in total. The lowest BCUT2D eigenvalue weighted by atomic mass is 10.1. The van der Waals surface area contributed by atoms with Crippen LogP contribution >= 0.6 is 12.2 Å². The molecule has 0 radical (unpaired) electrons. The lowest BCUT2D eigenvalue weighted by molar-refractivity contribution is 0.0937. The summed E-state index contributed by atoms with van der Waals surface area (Å²) in [4.78, 5) is 22.2. The van der Waals surface area contributed by atoms with E-state index in [1.807, 2.05) is 0 Å². The molecule has 18 heavy (non-hydrogen) atoms. The molecule has 0 atom stereocenters. The fourth-order valence-electron chi connectivity index (χ4n) is 1.20. The van der Waals surface area contributed by atoms with Crippen LogP contribution < -0.4 is 16.8 Å². The van der Waals surface area contributed by atoms with Gasteiger partial charge in [0.2, 0.25) is 0 Å². The Balaban J connectivity index is 2.46. The summed E-state index contributed by atoms with van der Waals surface area (Å²) in [7, 11) is 0. The zero-order chi connectivity index (χ0) is 13.5. The molecule has 0 unspecified atom stereocenters. The van der Waals surface area contributed by atoms with E-state index in [9.17, 15) is 9.59 Å². The lowest BCUT2D eigenvalue weighted by Crippen LogP contribution is -2.29. The second-order valence-electron chi connectivity index (χ2n) is 3.36. The van der Waals surface area contributed by atoms with E-state index in [1.54, 1.807) is 24.3 Å². The number of nitrogens with two attached hydrogens (primary N) is 2. The van der Waals surface area contributed by atoms with Gasteiger partial charge in [-0.05, 0) is 12.1 Å². The molecule has 1 rings (SSSR count). The SMILES string of the molecule is NC(=O)OCCNC(=O)c1ccc(C(N)=S)cc1. The van der Waals surface area contributed by atoms with Gasteiger partial charge in [-0.3, -0.25) is 4.79 Å². The normalized spacial score (nSPS) is 9.56. The molecule has 0 aliphatic carbocycles. The van der Waals surface area contributed by atoms with Crippen molar-refractivity contribution in [1.82, 2.24) is 5.32 Å². The Bertz CT molecular complexity index is 459. The largest absolute Gasteiger partial charge is 0.448 e. The van der Waals surface area contributed by atoms with E-state index in [0.717, 1.165) is 0 Å². The van der Waals surface area contributed by atoms with Crippen molar-refractivity contribution in [2.24, 2.45) is 11.5 Å². The number of nitrogens with one attached hydrogen (secondary N) is 1. The van der Waals surface area contributed by atoms with Crippen LogP contribution in [0.5, 0.6) is 0 Å². The Hall–Kier alpha value is -2.15. The molecule has 7 heteroatoms. The number of hydrogen-bond donors (Lipinski definition) is 3. The highest BCUT2D eigenvalue weighted by Gasteiger charge is 2.05. The van der Waals surface area contributed by atoms with Crippen molar-refractivity contribution in [3.05, 3.63) is 35.4 Å². The first kappa shape index (κ1) is 13.9. The molecule has 0 heterocycles. The molecule has 0 aliphatic rings. The van der Waals surface area contributed by atoms with Gasteiger partial charge in [0.05, 0.1) is 6.54 Å². The average Bonchev–Trinajstić information content (AvgIpc) is 2.34. The predicted molar refractivity (Wildman–Crippen MR) is 70.2 cm³/mol. The maximum Gasteiger partial charge on any atom is 0.404 e. The summed E-state index contributed by atoms with van der Waals surface area (Å²) in [5.41, 5.74) is 11.4. The minimum Gasteiger partial charge on any atom is -0.448 e. The third-order valence-corrected chi connectivity index (χ3v) is 2.30. The van der Waals surface area contributed by atoms with Crippen LogP contribution in [0.4, 0.5) is 4.79 Å². The Morgan fingerprint density at radius 1 is 1.17 bits per heavy atom. The van der Waals surface area contributed by atoms with Crippen molar-refractivity contribution >= 4 is 29.2 Å². The summed E-state index contributed by atoms with van der Waals surface area (Å²) in [5, 5.41) is 2.57. The second kappa shape index (κ2) is 6.55. The monoisotopic (exact) mass is 267 g/mol. The molecule has 0 aliphatic heterocycles. The predicted octanol–water partition coefficient (Wildman–Crippen LogP) is 0.146. The summed E-state index contributed by atoms with van der Waals surface area (Å²) < 4.78 is 4.47. The minimum atomic E-state index is -0.870. The van der Waals surface area contributed by atoms with Crippen LogP contribution in [0, 0.1) is 0 Å². The number of hydrogen-bond acceptors (Lipinski definition) is 4. The maximum absolute atomic E-state index is 11.6. The first-order valence-electron chi connectivity index (χ1n) is 5.11. The van der Waals surface area contributed by atoms with Gasteiger partial charge in [0.25, 0.3) is 5.91 Å². The molecular formula is C11H13N3O3S. The molecule has 0 bridgehead atoms. The number of thiocarbonyl (C=S) groups is 1. The van der Waals surface area contributed by atoms with E-state index in [-0.39, 0.29) is 24.0 Å². The first-order chi connectivity index (χ1) is 8.50. The summed E-state index contributed by atoms with van der Waals surface area (Å²) in [6.45, 7) is 0.227. The molecule has 0 saturated heterocycles. The van der Waals surface area contributed by atoms with Crippen molar-refractivity contribution in [3.8, 4) is 0 Å². The van der Waals surface area contributed by atoms with Crippen LogP contribution in [-0.4, -0.2) is 30.1 Å². The van der Waals surface area contributed by atoms with Crippen LogP contribution in [0.25, 0.3) is 0 Å². The lowest BCUT2D eigenvalue weighted by Gasteiger charge is -2.05. The first-order valence-corrected chi connectivity index (χ1v) is 5.52. The van der Waals surface area contributed by atoms with Crippen molar-refractivity contribution in [2.75, 3.05) is 13.2 Å². The molecule has 0 aromatic heterocycles. The van der Waals surface area contributed by atoms with Crippen molar-refractivity contribution in [1.29, 1.82) is 0 Å². The van der Waals surface area contributed by atoms with Crippen LogP contribution in [0.3, 0.4) is 0 Å². The summed E-state index contributed by atoms with van der Waals surface area (Å²) >= 11 is 4.80. The van der Waals surface area contributed by atoms with Gasteiger partial charge in [-0.1, -0.05) is 24.4 Å². The fourth-order valence-corrected chi connectivity index (χ4v) is 1.34. The Labute approximate surface area is 109 Å². The number of benzene rings is 1. The van der Waals surface area contributed by atoms with E-state index >= 15 is 0 Å². The van der Waals surface area contributed by atoms with Crippen molar-refractivity contribution in [2.45, 2.75) is 0 Å². The second-order valence-corrected chi connectivity index (χ2v) is 3.80. The van der Waals surface area contributed by atoms with Crippen molar-refractivity contribution < 1.29 is 14.3 Å². The standard InChI is InChI=1S/C11H13N3O3S/c12-9(18)7-1-3-8(4-2-7)10(15)14-5-6-17-11(13)16/h1-4H,5-6H2,(H2,12,18)(H2,13,16)(H,14,15). The Morgan fingerprint density at radius 3 is 2.22 bits per heavy atom. The topological polar surface area (TPSA) is 107 Å².